The summed E-state index contributed by atoms with van der Waals surface area (Å²) in [5.74, 6) is -0.333. The Balaban J connectivity index is 2.78. The minimum atomic E-state index is -1.55. The summed E-state index contributed by atoms with van der Waals surface area (Å²) in [6, 6.07) is 0. The van der Waals surface area contributed by atoms with Crippen molar-refractivity contribution in [2.24, 2.45) is 0 Å². The lowest BCUT2D eigenvalue weighted by Gasteiger charge is -2.20. The first kappa shape index (κ1) is 12.4. The first-order valence-electron chi connectivity index (χ1n) is 4.60. The van der Waals surface area contributed by atoms with E-state index < -0.39 is 30.7 Å². The molecular weight excluding hydrogens is 204 g/mol. The summed E-state index contributed by atoms with van der Waals surface area (Å²) in [4.78, 5) is 0. The van der Waals surface area contributed by atoms with E-state index in [1.807, 2.05) is 0 Å². The van der Waals surface area contributed by atoms with Gasteiger partial charge in [0.05, 0.1) is 0 Å². The van der Waals surface area contributed by atoms with Crippen molar-refractivity contribution in [3.05, 3.63) is 11.3 Å². The maximum absolute atomic E-state index is 9.58. The van der Waals surface area contributed by atoms with Crippen molar-refractivity contribution in [3.63, 3.8) is 0 Å². The molecule has 0 aromatic heterocycles. The van der Waals surface area contributed by atoms with Crippen molar-refractivity contribution in [2.45, 2.75) is 44.6 Å². The standard InChI is InChI=1S/C9H16O6/c1-3(2)4(10)5(11)8-6(12)7(13)9(14)15-8/h5-14H,1-2H3/t5-,6-,7-,8-,9+/m1/s1. The van der Waals surface area contributed by atoms with Crippen LogP contribution in [0.3, 0.4) is 0 Å². The molecule has 1 saturated heterocycles. The molecule has 1 heterocycles. The molecule has 1 aliphatic rings. The maximum Gasteiger partial charge on any atom is 0.184 e. The van der Waals surface area contributed by atoms with Crippen molar-refractivity contribution < 1.29 is 30.3 Å². The van der Waals surface area contributed by atoms with Crippen molar-refractivity contribution in [1.82, 2.24) is 0 Å². The fraction of sp³-hybridized carbons (Fsp3) is 0.778. The van der Waals surface area contributed by atoms with E-state index in [1.54, 1.807) is 13.8 Å². The van der Waals surface area contributed by atoms with Gasteiger partial charge in [0.15, 0.2) is 6.29 Å². The average molecular weight is 220 g/mol. The number of aliphatic hydroxyl groups is 5. The molecule has 5 N–H and O–H groups in total. The SMILES string of the molecule is CC(C)=C(O)[C@@H](O)[C@H]1O[C@H](O)[C@H](O)[C@H]1O. The van der Waals surface area contributed by atoms with Gasteiger partial charge in [-0.15, -0.1) is 0 Å². The Kier molecular flexibility index (Phi) is 3.69. The lowest BCUT2D eigenvalue weighted by Crippen LogP contribution is -2.40. The number of hydrogen-bond acceptors (Lipinski definition) is 6. The Morgan fingerprint density at radius 1 is 1.13 bits per heavy atom. The molecule has 88 valence electrons. The Morgan fingerprint density at radius 3 is 2.00 bits per heavy atom. The second kappa shape index (κ2) is 4.46. The minimum Gasteiger partial charge on any atom is -0.510 e. The van der Waals surface area contributed by atoms with Crippen LogP contribution in [0.15, 0.2) is 11.3 Å². The van der Waals surface area contributed by atoms with Gasteiger partial charge < -0.3 is 30.3 Å². The summed E-state index contributed by atoms with van der Waals surface area (Å²) in [7, 11) is 0. The van der Waals surface area contributed by atoms with E-state index in [1.165, 1.54) is 0 Å². The fourth-order valence-electron chi connectivity index (χ4n) is 1.40. The molecule has 1 aliphatic heterocycles. The molecule has 1 fully saturated rings. The highest BCUT2D eigenvalue weighted by atomic mass is 16.6. The fourth-order valence-corrected chi connectivity index (χ4v) is 1.40. The van der Waals surface area contributed by atoms with Crippen LogP contribution < -0.4 is 0 Å². The quantitative estimate of drug-likeness (QED) is 0.367. The number of aliphatic hydroxyl groups excluding tert-OH is 5. The van der Waals surface area contributed by atoms with E-state index in [-0.39, 0.29) is 5.76 Å². The highest BCUT2D eigenvalue weighted by Gasteiger charge is 2.46. The summed E-state index contributed by atoms with van der Waals surface area (Å²) in [5, 5.41) is 46.6. The predicted octanol–water partition coefficient (Wildman–Crippen LogP) is -1.36. The molecule has 0 unspecified atom stereocenters. The summed E-state index contributed by atoms with van der Waals surface area (Å²) >= 11 is 0. The van der Waals surface area contributed by atoms with Crippen molar-refractivity contribution >= 4 is 0 Å². The highest BCUT2D eigenvalue weighted by Crippen LogP contribution is 2.25. The van der Waals surface area contributed by atoms with Crippen molar-refractivity contribution in [1.29, 1.82) is 0 Å². The third-order valence-electron chi connectivity index (χ3n) is 2.38. The summed E-state index contributed by atoms with van der Waals surface area (Å²) in [5.41, 5.74) is 0.467. The van der Waals surface area contributed by atoms with Gasteiger partial charge in [0.1, 0.15) is 30.2 Å². The zero-order chi connectivity index (χ0) is 11.7. The van der Waals surface area contributed by atoms with Gasteiger partial charge in [-0.1, -0.05) is 0 Å². The van der Waals surface area contributed by atoms with Crippen molar-refractivity contribution in [2.75, 3.05) is 0 Å². The van der Waals surface area contributed by atoms with E-state index in [0.717, 1.165) is 0 Å². The summed E-state index contributed by atoms with van der Waals surface area (Å²) in [6.45, 7) is 3.15. The Labute approximate surface area is 87.0 Å². The molecule has 15 heavy (non-hydrogen) atoms. The van der Waals surface area contributed by atoms with Crippen LogP contribution in [0.5, 0.6) is 0 Å². The number of hydrogen-bond donors (Lipinski definition) is 5. The monoisotopic (exact) mass is 220 g/mol. The molecule has 1 rings (SSSR count). The predicted molar refractivity (Wildman–Crippen MR) is 49.9 cm³/mol. The number of rotatable bonds is 2. The van der Waals surface area contributed by atoms with Gasteiger partial charge in [0, 0.05) is 0 Å². The topological polar surface area (TPSA) is 110 Å². The Bertz CT molecular complexity index is 259. The van der Waals surface area contributed by atoms with Gasteiger partial charge in [-0.2, -0.15) is 0 Å². The molecular formula is C9H16O6. The largest absolute Gasteiger partial charge is 0.510 e. The van der Waals surface area contributed by atoms with Crippen LogP contribution in [-0.4, -0.2) is 56.2 Å². The van der Waals surface area contributed by atoms with Crippen molar-refractivity contribution in [3.8, 4) is 0 Å². The van der Waals surface area contributed by atoms with Crippen LogP contribution in [0.4, 0.5) is 0 Å². The molecule has 0 amide bonds. The van der Waals surface area contributed by atoms with Gasteiger partial charge in [0.2, 0.25) is 0 Å². The molecule has 0 saturated carbocycles. The van der Waals surface area contributed by atoms with E-state index in [2.05, 4.69) is 0 Å². The molecule has 0 aliphatic carbocycles. The van der Waals surface area contributed by atoms with Gasteiger partial charge >= 0.3 is 0 Å². The first-order valence-corrected chi connectivity index (χ1v) is 4.60. The highest BCUT2D eigenvalue weighted by molar-refractivity contribution is 5.10. The van der Waals surface area contributed by atoms with Crippen LogP contribution in [0, 0.1) is 0 Å². The first-order chi connectivity index (χ1) is 6.86. The molecule has 0 bridgehead atoms. The molecule has 0 aromatic rings. The van der Waals surface area contributed by atoms with Crippen LogP contribution >= 0.6 is 0 Å². The van der Waals surface area contributed by atoms with E-state index in [4.69, 9.17) is 9.84 Å². The summed E-state index contributed by atoms with van der Waals surface area (Å²) < 4.78 is 4.73. The van der Waals surface area contributed by atoms with Crippen LogP contribution in [-0.2, 0) is 4.74 Å². The minimum absolute atomic E-state index is 0.333. The van der Waals surface area contributed by atoms with Gasteiger partial charge in [-0.05, 0) is 19.4 Å². The van der Waals surface area contributed by atoms with Crippen LogP contribution in [0.1, 0.15) is 13.8 Å². The van der Waals surface area contributed by atoms with E-state index in [9.17, 15) is 20.4 Å². The van der Waals surface area contributed by atoms with Gasteiger partial charge in [0.25, 0.3) is 0 Å². The Hall–Kier alpha value is -0.660. The third kappa shape index (κ3) is 2.30. The normalized spacial score (nSPS) is 37.7. The molecule has 6 heteroatoms. The number of ether oxygens (including phenoxy) is 1. The lowest BCUT2D eigenvalue weighted by atomic mass is 10.0. The average Bonchev–Trinajstić information content (AvgIpc) is 2.43. The molecule has 0 radical (unpaired) electrons. The zero-order valence-corrected chi connectivity index (χ0v) is 8.53. The van der Waals surface area contributed by atoms with Crippen LogP contribution in [0.25, 0.3) is 0 Å². The van der Waals surface area contributed by atoms with E-state index in [0.29, 0.717) is 5.57 Å². The zero-order valence-electron chi connectivity index (χ0n) is 8.53. The molecule has 6 nitrogen and oxygen atoms in total. The Morgan fingerprint density at radius 2 is 1.67 bits per heavy atom. The smallest absolute Gasteiger partial charge is 0.184 e. The molecule has 0 aromatic carbocycles. The number of allylic oxidation sites excluding steroid dienone is 1. The third-order valence-corrected chi connectivity index (χ3v) is 2.38. The van der Waals surface area contributed by atoms with Gasteiger partial charge in [-0.25, -0.2) is 0 Å². The second-order valence-electron chi connectivity index (χ2n) is 3.80. The maximum atomic E-state index is 9.58. The van der Waals surface area contributed by atoms with Crippen LogP contribution in [0.2, 0.25) is 0 Å². The van der Waals surface area contributed by atoms with E-state index >= 15 is 0 Å². The lowest BCUT2D eigenvalue weighted by molar-refractivity contribution is -0.144. The summed E-state index contributed by atoms with van der Waals surface area (Å²) in [6.07, 6.45) is -7.16. The molecule has 5 atom stereocenters. The molecule has 0 spiro atoms. The second-order valence-corrected chi connectivity index (χ2v) is 3.80. The van der Waals surface area contributed by atoms with Gasteiger partial charge in [-0.3, -0.25) is 0 Å².